The third-order valence-corrected chi connectivity index (χ3v) is 4.34. The zero-order valence-corrected chi connectivity index (χ0v) is 40.8. The first kappa shape index (κ1) is 58.9. The molecule has 0 saturated carbocycles. The molecule has 5 aromatic heterocycles. The highest BCUT2D eigenvalue weighted by molar-refractivity contribution is 7.07. The lowest BCUT2D eigenvalue weighted by Gasteiger charge is -2.05. The van der Waals surface area contributed by atoms with Gasteiger partial charge >= 0.3 is 0 Å². The number of furan rings is 1. The highest BCUT2D eigenvalue weighted by atomic mass is 32.1. The lowest BCUT2D eigenvalue weighted by Crippen LogP contribution is -1.93. The summed E-state index contributed by atoms with van der Waals surface area (Å²) < 4.78 is 6.70. The Morgan fingerprint density at radius 3 is 1.05 bits per heavy atom. The molecule has 1 N–H and O–H groups in total. The predicted molar refractivity (Wildman–Crippen MR) is 257 cm³/mol. The Bertz CT molecular complexity index is 1290. The van der Waals surface area contributed by atoms with Crippen LogP contribution in [0.5, 0.6) is 0 Å². The van der Waals surface area contributed by atoms with Crippen molar-refractivity contribution < 1.29 is 4.42 Å². The number of nitrogens with zero attached hydrogens (tertiary/aromatic N) is 2. The number of benzene rings is 1. The van der Waals surface area contributed by atoms with E-state index in [1.165, 1.54) is 10.9 Å². The fourth-order valence-electron chi connectivity index (χ4n) is 2.27. The number of aryl methyl sites for hydroxylation is 1. The molecule has 0 aliphatic carbocycles. The molecule has 318 valence electrons. The third-order valence-electron chi connectivity index (χ3n) is 3.71. The Kier molecular flexibility index (Phi) is 35.0. The van der Waals surface area contributed by atoms with Crippen molar-refractivity contribution in [2.24, 2.45) is 34.1 Å². The minimum atomic E-state index is 0.500. The van der Waals surface area contributed by atoms with Crippen molar-refractivity contribution in [3.8, 4) is 0 Å². The van der Waals surface area contributed by atoms with Crippen LogP contribution in [0.3, 0.4) is 0 Å². The lowest BCUT2D eigenvalue weighted by atomic mass is 10.0. The SMILES string of the molecule is CC(C)(C)C.CC(C)(C)C.CC(C)(C)C.CC(C)(C)C.CC(C)(C)C.Cn1ccc2ccccc21.c1cc[nH]c1.c1ccncc1.c1ccoc1.c1ccsc1. The fraction of sp³-hybridized carbons (Fsp3) is 0.510. The number of hydrogen-bond acceptors (Lipinski definition) is 3. The van der Waals surface area contributed by atoms with Gasteiger partial charge < -0.3 is 14.0 Å². The van der Waals surface area contributed by atoms with Crippen LogP contribution in [0.25, 0.3) is 10.9 Å². The summed E-state index contributed by atoms with van der Waals surface area (Å²) in [4.78, 5) is 6.65. The highest BCUT2D eigenvalue weighted by Crippen LogP contribution is 2.13. The molecule has 4 nitrogen and oxygen atoms in total. The van der Waals surface area contributed by atoms with Crippen molar-refractivity contribution in [2.75, 3.05) is 0 Å². The van der Waals surface area contributed by atoms with Crippen molar-refractivity contribution in [3.63, 3.8) is 0 Å². The Balaban J connectivity index is -0.000000272. The number of aromatic amines is 1. The first-order chi connectivity index (χ1) is 25.4. The zero-order chi connectivity index (χ0) is 44.3. The van der Waals surface area contributed by atoms with Gasteiger partial charge in [-0.1, -0.05) is 175 Å². The van der Waals surface area contributed by atoms with Gasteiger partial charge in [-0.25, -0.2) is 0 Å². The minimum absolute atomic E-state index is 0.500. The smallest absolute Gasteiger partial charge is 0.0902 e. The van der Waals surface area contributed by atoms with Gasteiger partial charge in [0.2, 0.25) is 0 Å². The quantitative estimate of drug-likeness (QED) is 0.167. The topological polar surface area (TPSA) is 46.8 Å². The van der Waals surface area contributed by atoms with Crippen LogP contribution in [-0.4, -0.2) is 14.5 Å². The van der Waals surface area contributed by atoms with Gasteiger partial charge in [-0.3, -0.25) is 4.98 Å². The molecule has 6 aromatic rings. The van der Waals surface area contributed by atoms with Gasteiger partial charge in [0.15, 0.2) is 0 Å². The van der Waals surface area contributed by atoms with Crippen LogP contribution >= 0.6 is 11.3 Å². The van der Waals surface area contributed by atoms with Crippen molar-refractivity contribution in [3.05, 3.63) is 139 Å². The fourth-order valence-corrected chi connectivity index (χ4v) is 2.72. The molecule has 0 aliphatic rings. The second-order valence-electron chi connectivity index (χ2n) is 21.0. The molecule has 0 aliphatic heterocycles. The maximum Gasteiger partial charge on any atom is 0.0902 e. The average Bonchev–Trinajstić information content (AvgIpc) is 3.86. The number of hydrogen-bond donors (Lipinski definition) is 1. The maximum absolute atomic E-state index is 4.58. The number of rotatable bonds is 0. The van der Waals surface area contributed by atoms with Gasteiger partial charge in [-0.2, -0.15) is 11.3 Å². The number of pyridine rings is 1. The van der Waals surface area contributed by atoms with Gasteiger partial charge in [0.05, 0.1) is 12.5 Å². The summed E-state index contributed by atoms with van der Waals surface area (Å²) in [6, 6.07) is 27.8. The van der Waals surface area contributed by atoms with E-state index in [1.807, 2.05) is 77.8 Å². The van der Waals surface area contributed by atoms with E-state index in [9.17, 15) is 0 Å². The molecule has 0 amide bonds. The van der Waals surface area contributed by atoms with Crippen molar-refractivity contribution in [2.45, 2.75) is 138 Å². The van der Waals surface area contributed by atoms with E-state index in [0.29, 0.717) is 27.1 Å². The summed E-state index contributed by atoms with van der Waals surface area (Å²) in [6.07, 6.45) is 12.6. The molecule has 0 radical (unpaired) electrons. The Labute approximate surface area is 351 Å². The van der Waals surface area contributed by atoms with E-state index in [2.05, 4.69) is 201 Å². The molecule has 0 saturated heterocycles. The second-order valence-corrected chi connectivity index (χ2v) is 21.8. The Hall–Kier alpha value is -3.83. The van der Waals surface area contributed by atoms with Crippen molar-refractivity contribution in [1.82, 2.24) is 14.5 Å². The zero-order valence-electron chi connectivity index (χ0n) is 40.0. The molecule has 6 rings (SSSR count). The average molecular weight is 790 g/mol. The highest BCUT2D eigenvalue weighted by Gasteiger charge is 1.97. The van der Waals surface area contributed by atoms with E-state index in [1.54, 1.807) is 36.3 Å². The van der Waals surface area contributed by atoms with Crippen LogP contribution in [-0.2, 0) is 7.05 Å². The largest absolute Gasteiger partial charge is 0.473 e. The molecule has 0 unspecified atom stereocenters. The van der Waals surface area contributed by atoms with Crippen molar-refractivity contribution in [1.29, 1.82) is 0 Å². The molecule has 5 heteroatoms. The summed E-state index contributed by atoms with van der Waals surface area (Å²) in [6.45, 7) is 43.8. The molecule has 5 heterocycles. The van der Waals surface area contributed by atoms with Crippen LogP contribution in [0.15, 0.2) is 144 Å². The molecule has 56 heavy (non-hydrogen) atoms. The Morgan fingerprint density at radius 1 is 0.464 bits per heavy atom. The van der Waals surface area contributed by atoms with Gasteiger partial charge in [0.1, 0.15) is 0 Å². The number of nitrogens with one attached hydrogen (secondary N) is 1. The summed E-state index contributed by atoms with van der Waals surface area (Å²) in [5.41, 5.74) is 3.79. The van der Waals surface area contributed by atoms with E-state index in [0.717, 1.165) is 0 Å². The standard InChI is InChI=1S/C9H9N.C5H5N.5C5H12.C4H5N.C4H4O.C4H4S/c1-10-7-6-8-4-2-3-5-9(8)10;1-2-4-6-5-3-1;5*1-5(2,3)4;3*1-2-4-5-3-1/h2-7H,1H3;1-5H;5*1-4H3;1-5H;2*1-4H. The number of fused-ring (bicyclic) bond motifs is 1. The monoisotopic (exact) mass is 790 g/mol. The minimum Gasteiger partial charge on any atom is -0.473 e. The molecular weight excluding hydrogens is 703 g/mol. The summed E-state index contributed by atoms with van der Waals surface area (Å²) in [7, 11) is 2.06. The number of aromatic nitrogens is 3. The number of thiophene rings is 1. The van der Waals surface area contributed by atoms with E-state index in [4.69, 9.17) is 0 Å². The summed E-state index contributed by atoms with van der Waals surface area (Å²) in [5.74, 6) is 0. The van der Waals surface area contributed by atoms with Crippen LogP contribution in [0.1, 0.15) is 138 Å². The van der Waals surface area contributed by atoms with Gasteiger partial charge in [0.25, 0.3) is 0 Å². The molecule has 0 fully saturated rings. The maximum atomic E-state index is 4.58. The molecule has 1 aromatic carbocycles. The van der Waals surface area contributed by atoms with Crippen LogP contribution in [0.2, 0.25) is 0 Å². The molecule has 0 spiro atoms. The van der Waals surface area contributed by atoms with Gasteiger partial charge in [-0.15, -0.1) is 0 Å². The predicted octanol–water partition coefficient (Wildman–Crippen LogP) is 17.6. The van der Waals surface area contributed by atoms with Crippen molar-refractivity contribution >= 4 is 22.2 Å². The van der Waals surface area contributed by atoms with E-state index >= 15 is 0 Å². The van der Waals surface area contributed by atoms with E-state index in [-0.39, 0.29) is 0 Å². The molecule has 0 bridgehead atoms. The number of para-hydroxylation sites is 1. The molecular formula is C51H87N3OS. The normalized spacial score (nSPS) is 10.2. The first-order valence-corrected chi connectivity index (χ1v) is 20.7. The summed E-state index contributed by atoms with van der Waals surface area (Å²) in [5, 5.41) is 5.39. The molecule has 0 atom stereocenters. The summed E-state index contributed by atoms with van der Waals surface area (Å²) >= 11 is 1.71. The van der Waals surface area contributed by atoms with E-state index < -0.39 is 0 Å². The Morgan fingerprint density at radius 2 is 0.839 bits per heavy atom. The van der Waals surface area contributed by atoms with Gasteiger partial charge in [0, 0.05) is 43.5 Å². The van der Waals surface area contributed by atoms with Crippen LogP contribution in [0, 0.1) is 27.1 Å². The second kappa shape index (κ2) is 33.3. The first-order valence-electron chi connectivity index (χ1n) is 19.7. The van der Waals surface area contributed by atoms with Crippen LogP contribution in [0.4, 0.5) is 0 Å². The third kappa shape index (κ3) is 87.8. The number of H-pyrrole nitrogens is 1. The van der Waals surface area contributed by atoms with Crippen LogP contribution < -0.4 is 0 Å². The lowest BCUT2D eigenvalue weighted by molar-refractivity contribution is 0.469. The van der Waals surface area contributed by atoms with Gasteiger partial charge in [-0.05, 0) is 91.8 Å².